The molecule has 1 saturated carbocycles. The van der Waals surface area contributed by atoms with Crippen molar-refractivity contribution in [1.29, 1.82) is 0 Å². The highest BCUT2D eigenvalue weighted by molar-refractivity contribution is 5.94. The lowest BCUT2D eigenvalue weighted by Crippen LogP contribution is -2.13. The van der Waals surface area contributed by atoms with E-state index in [1.165, 1.54) is 57.1 Å². The molecular weight excluding hydrogens is 311 g/mol. The van der Waals surface area contributed by atoms with Crippen LogP contribution in [0.15, 0.2) is 42.5 Å². The predicted molar refractivity (Wildman–Crippen MR) is 101 cm³/mol. The normalized spacial score (nSPS) is 20.4. The van der Waals surface area contributed by atoms with Gasteiger partial charge in [0.25, 0.3) is 0 Å². The molecule has 0 radical (unpaired) electrons. The molecule has 2 aromatic carbocycles. The van der Waals surface area contributed by atoms with Crippen molar-refractivity contribution in [3.05, 3.63) is 59.4 Å². The van der Waals surface area contributed by atoms with Gasteiger partial charge in [-0.15, -0.1) is 0 Å². The molecule has 0 atom stereocenters. The van der Waals surface area contributed by atoms with Gasteiger partial charge >= 0.3 is 0 Å². The zero-order chi connectivity index (χ0) is 17.8. The van der Waals surface area contributed by atoms with E-state index in [0.717, 1.165) is 17.0 Å². The fourth-order valence-electron chi connectivity index (χ4n) is 4.12. The number of carbonyl (C=O) groups is 1. The maximum atomic E-state index is 14.0. The van der Waals surface area contributed by atoms with E-state index in [4.69, 9.17) is 0 Å². The molecule has 3 rings (SSSR count). The van der Waals surface area contributed by atoms with E-state index in [-0.39, 0.29) is 11.3 Å². The summed E-state index contributed by atoms with van der Waals surface area (Å²) < 4.78 is 14.0. The number of hydrogen-bond acceptors (Lipinski definition) is 1. The molecule has 1 aliphatic rings. The average Bonchev–Trinajstić information content (AvgIpc) is 2.62. The van der Waals surface area contributed by atoms with Gasteiger partial charge in [0.05, 0.1) is 5.56 Å². The van der Waals surface area contributed by atoms with E-state index in [2.05, 4.69) is 31.2 Å². The molecule has 0 saturated heterocycles. The number of carbonyl (C=O) groups excluding carboxylic acids is 1. The van der Waals surface area contributed by atoms with Gasteiger partial charge in [-0.2, -0.15) is 0 Å². The monoisotopic (exact) mass is 338 g/mol. The van der Waals surface area contributed by atoms with Crippen LogP contribution in [0.5, 0.6) is 0 Å². The third kappa shape index (κ3) is 4.18. The van der Waals surface area contributed by atoms with Crippen LogP contribution in [0.3, 0.4) is 0 Å². The van der Waals surface area contributed by atoms with Crippen LogP contribution in [-0.4, -0.2) is 5.78 Å². The van der Waals surface area contributed by atoms with Gasteiger partial charge in [-0.1, -0.05) is 50.1 Å². The molecule has 1 fully saturated rings. The van der Waals surface area contributed by atoms with Gasteiger partial charge in [0.15, 0.2) is 5.78 Å². The summed E-state index contributed by atoms with van der Waals surface area (Å²) in [5.74, 6) is 0.906. The SMILES string of the molecule is CCC[C@H]1CC[C@H](c2ccc(-c3ccc(C(C)=O)c(F)c3)cc2)CC1. The van der Waals surface area contributed by atoms with Crippen LogP contribution < -0.4 is 0 Å². The van der Waals surface area contributed by atoms with Gasteiger partial charge in [-0.3, -0.25) is 4.79 Å². The third-order valence-corrected chi connectivity index (χ3v) is 5.61. The first-order chi connectivity index (χ1) is 12.1. The van der Waals surface area contributed by atoms with E-state index in [1.807, 2.05) is 6.07 Å². The maximum absolute atomic E-state index is 14.0. The highest BCUT2D eigenvalue weighted by Crippen LogP contribution is 2.38. The van der Waals surface area contributed by atoms with Crippen LogP contribution in [-0.2, 0) is 0 Å². The second-order valence-corrected chi connectivity index (χ2v) is 7.38. The topological polar surface area (TPSA) is 17.1 Å². The standard InChI is InChI=1S/C23H27FO/c1-3-4-17-5-7-18(8-6-17)19-9-11-20(12-10-19)21-13-14-22(16(2)25)23(24)15-21/h9-15,17-18H,3-8H2,1-2H3/t17-,18-. The Hall–Kier alpha value is -1.96. The Morgan fingerprint density at radius 2 is 1.64 bits per heavy atom. The minimum absolute atomic E-state index is 0.157. The summed E-state index contributed by atoms with van der Waals surface area (Å²) in [5, 5.41) is 0. The quantitative estimate of drug-likeness (QED) is 0.550. The number of Topliss-reactive ketones (excluding diaryl/α,β-unsaturated/α-hetero) is 1. The highest BCUT2D eigenvalue weighted by atomic mass is 19.1. The van der Waals surface area contributed by atoms with E-state index in [0.29, 0.717) is 5.92 Å². The van der Waals surface area contributed by atoms with Crippen molar-refractivity contribution in [2.75, 3.05) is 0 Å². The molecule has 2 heteroatoms. The zero-order valence-corrected chi connectivity index (χ0v) is 15.2. The average molecular weight is 338 g/mol. The summed E-state index contributed by atoms with van der Waals surface area (Å²) >= 11 is 0. The van der Waals surface area contributed by atoms with Crippen LogP contribution in [0.4, 0.5) is 4.39 Å². The van der Waals surface area contributed by atoms with Crippen LogP contribution in [0.25, 0.3) is 11.1 Å². The lowest BCUT2D eigenvalue weighted by Gasteiger charge is -2.28. The van der Waals surface area contributed by atoms with Gasteiger partial charge in [0.2, 0.25) is 0 Å². The van der Waals surface area contributed by atoms with Crippen LogP contribution >= 0.6 is 0 Å². The fraction of sp³-hybridized carbons (Fsp3) is 0.435. The lowest BCUT2D eigenvalue weighted by molar-refractivity contribution is 0.101. The van der Waals surface area contributed by atoms with Gasteiger partial charge in [0.1, 0.15) is 5.82 Å². The van der Waals surface area contributed by atoms with Gasteiger partial charge < -0.3 is 0 Å². The minimum atomic E-state index is -0.441. The van der Waals surface area contributed by atoms with E-state index in [9.17, 15) is 9.18 Å². The Kier molecular flexibility index (Phi) is 5.67. The van der Waals surface area contributed by atoms with Crippen molar-refractivity contribution in [3.8, 4) is 11.1 Å². The zero-order valence-electron chi connectivity index (χ0n) is 15.2. The summed E-state index contributed by atoms with van der Waals surface area (Å²) in [7, 11) is 0. The number of rotatable bonds is 5. The Morgan fingerprint density at radius 1 is 1.00 bits per heavy atom. The summed E-state index contributed by atoms with van der Waals surface area (Å²) in [6, 6.07) is 13.4. The van der Waals surface area contributed by atoms with Crippen molar-refractivity contribution in [1.82, 2.24) is 0 Å². The predicted octanol–water partition coefficient (Wildman–Crippen LogP) is 6.77. The molecule has 132 valence electrons. The molecule has 0 bridgehead atoms. The van der Waals surface area contributed by atoms with Crippen LogP contribution in [0.1, 0.15) is 74.2 Å². The third-order valence-electron chi connectivity index (χ3n) is 5.61. The first-order valence-corrected chi connectivity index (χ1v) is 9.49. The summed E-state index contributed by atoms with van der Waals surface area (Å²) in [5.41, 5.74) is 3.38. The van der Waals surface area contributed by atoms with E-state index >= 15 is 0 Å². The smallest absolute Gasteiger partial charge is 0.162 e. The summed E-state index contributed by atoms with van der Waals surface area (Å²) in [4.78, 5) is 11.4. The van der Waals surface area contributed by atoms with Gasteiger partial charge in [-0.25, -0.2) is 4.39 Å². The molecule has 0 aromatic heterocycles. The molecule has 0 aliphatic heterocycles. The van der Waals surface area contributed by atoms with Crippen molar-refractivity contribution >= 4 is 5.78 Å². The Balaban J connectivity index is 1.70. The van der Waals surface area contributed by atoms with Gasteiger partial charge in [0, 0.05) is 0 Å². The molecule has 0 unspecified atom stereocenters. The van der Waals surface area contributed by atoms with E-state index in [1.54, 1.807) is 6.07 Å². The van der Waals surface area contributed by atoms with Crippen molar-refractivity contribution in [3.63, 3.8) is 0 Å². The Morgan fingerprint density at radius 3 is 2.20 bits per heavy atom. The Bertz CT molecular complexity index is 724. The lowest BCUT2D eigenvalue weighted by atomic mass is 9.77. The summed E-state index contributed by atoms with van der Waals surface area (Å²) in [6.07, 6.45) is 7.92. The van der Waals surface area contributed by atoms with E-state index < -0.39 is 5.82 Å². The highest BCUT2D eigenvalue weighted by Gasteiger charge is 2.21. The van der Waals surface area contributed by atoms with Crippen molar-refractivity contribution in [2.45, 2.75) is 58.3 Å². The van der Waals surface area contributed by atoms with Crippen molar-refractivity contribution in [2.24, 2.45) is 5.92 Å². The molecule has 0 spiro atoms. The Labute approximate surface area is 150 Å². The molecule has 1 nitrogen and oxygen atoms in total. The summed E-state index contributed by atoms with van der Waals surface area (Å²) in [6.45, 7) is 3.67. The minimum Gasteiger partial charge on any atom is -0.294 e. The number of benzene rings is 2. The largest absolute Gasteiger partial charge is 0.294 e. The van der Waals surface area contributed by atoms with Crippen LogP contribution in [0, 0.1) is 11.7 Å². The molecular formula is C23H27FO. The molecule has 0 heterocycles. The first kappa shape index (κ1) is 17.8. The maximum Gasteiger partial charge on any atom is 0.162 e. The first-order valence-electron chi connectivity index (χ1n) is 9.49. The molecule has 2 aromatic rings. The molecule has 0 N–H and O–H groups in total. The van der Waals surface area contributed by atoms with Crippen molar-refractivity contribution < 1.29 is 9.18 Å². The fourth-order valence-corrected chi connectivity index (χ4v) is 4.12. The molecule has 0 amide bonds. The second-order valence-electron chi connectivity index (χ2n) is 7.38. The number of hydrogen-bond donors (Lipinski definition) is 0. The van der Waals surface area contributed by atoms with Gasteiger partial charge in [-0.05, 0) is 73.3 Å². The second kappa shape index (κ2) is 7.95. The number of ketones is 1. The number of halogens is 1. The molecule has 25 heavy (non-hydrogen) atoms. The molecule has 1 aliphatic carbocycles. The van der Waals surface area contributed by atoms with Crippen LogP contribution in [0.2, 0.25) is 0 Å².